The minimum atomic E-state index is -0.269. The average Bonchev–Trinajstić information content (AvgIpc) is 2.25. The van der Waals surface area contributed by atoms with Gasteiger partial charge in [0.15, 0.2) is 5.76 Å². The molecule has 76 valence electrons. The van der Waals surface area contributed by atoms with E-state index in [2.05, 4.69) is 22.6 Å². The van der Waals surface area contributed by atoms with Gasteiger partial charge >= 0.3 is 5.63 Å². The summed E-state index contributed by atoms with van der Waals surface area (Å²) in [6.07, 6.45) is 0. The second-order valence-electron chi connectivity index (χ2n) is 3.26. The number of aryl methyl sites for hydroxylation is 1. The zero-order valence-electron chi connectivity index (χ0n) is 8.16. The van der Waals surface area contributed by atoms with Crippen LogP contribution in [0.2, 0.25) is 0 Å². The molecule has 1 heterocycles. The quantitative estimate of drug-likeness (QED) is 0.757. The first-order chi connectivity index (χ1) is 7.18. The van der Waals surface area contributed by atoms with Crippen molar-refractivity contribution in [2.45, 2.75) is 6.92 Å². The van der Waals surface area contributed by atoms with Crippen molar-refractivity contribution >= 4 is 22.6 Å². The van der Waals surface area contributed by atoms with Crippen LogP contribution >= 0.6 is 22.6 Å². The van der Waals surface area contributed by atoms with Gasteiger partial charge in [-0.05, 0) is 35.6 Å². The predicted molar refractivity (Wildman–Crippen MR) is 67.9 cm³/mol. The van der Waals surface area contributed by atoms with E-state index in [9.17, 15) is 4.79 Å². The fourth-order valence-electron chi connectivity index (χ4n) is 1.32. The maximum atomic E-state index is 11.4. The highest BCUT2D eigenvalue weighted by atomic mass is 127. The van der Waals surface area contributed by atoms with E-state index in [1.54, 1.807) is 6.92 Å². The van der Waals surface area contributed by atoms with Crippen LogP contribution in [0.5, 0.6) is 0 Å². The van der Waals surface area contributed by atoms with E-state index in [1.165, 1.54) is 0 Å². The molecule has 0 amide bonds. The van der Waals surface area contributed by atoms with E-state index in [0.29, 0.717) is 11.3 Å². The Morgan fingerprint density at radius 2 is 1.87 bits per heavy atom. The van der Waals surface area contributed by atoms with Crippen LogP contribution in [-0.4, -0.2) is 0 Å². The molecule has 2 rings (SSSR count). The molecule has 0 spiro atoms. The minimum Gasteiger partial charge on any atom is -0.421 e. The summed E-state index contributed by atoms with van der Waals surface area (Å²) in [7, 11) is 0. The molecule has 1 aromatic carbocycles. The average molecular weight is 312 g/mol. The van der Waals surface area contributed by atoms with E-state index in [1.807, 2.05) is 36.4 Å². The summed E-state index contributed by atoms with van der Waals surface area (Å²) >= 11 is 2.17. The first-order valence-corrected chi connectivity index (χ1v) is 5.62. The van der Waals surface area contributed by atoms with Crippen LogP contribution in [-0.2, 0) is 0 Å². The molecule has 0 saturated carbocycles. The summed E-state index contributed by atoms with van der Waals surface area (Å²) in [5, 5.41) is 0. The lowest BCUT2D eigenvalue weighted by atomic mass is 10.1. The van der Waals surface area contributed by atoms with Crippen molar-refractivity contribution in [2.75, 3.05) is 0 Å². The van der Waals surface area contributed by atoms with Gasteiger partial charge in [-0.2, -0.15) is 0 Å². The van der Waals surface area contributed by atoms with Crippen molar-refractivity contribution in [1.82, 2.24) is 0 Å². The predicted octanol–water partition coefficient (Wildman–Crippen LogP) is 3.22. The SMILES string of the molecule is Cc1cc(I)c(-c2ccccc2)oc1=O. The zero-order valence-corrected chi connectivity index (χ0v) is 10.3. The van der Waals surface area contributed by atoms with Crippen molar-refractivity contribution in [2.24, 2.45) is 0 Å². The highest BCUT2D eigenvalue weighted by Gasteiger charge is 2.08. The Labute approximate surface area is 101 Å². The highest BCUT2D eigenvalue weighted by molar-refractivity contribution is 14.1. The van der Waals surface area contributed by atoms with Gasteiger partial charge in [0.25, 0.3) is 0 Å². The summed E-state index contributed by atoms with van der Waals surface area (Å²) < 4.78 is 6.22. The Hall–Kier alpha value is -1.10. The third-order valence-electron chi connectivity index (χ3n) is 2.11. The molecule has 1 aromatic heterocycles. The number of halogens is 1. The van der Waals surface area contributed by atoms with Gasteiger partial charge in [-0.3, -0.25) is 0 Å². The van der Waals surface area contributed by atoms with Gasteiger partial charge in [0.2, 0.25) is 0 Å². The lowest BCUT2D eigenvalue weighted by molar-refractivity contribution is 0.517. The molecule has 0 saturated heterocycles. The molecule has 2 aromatic rings. The third-order valence-corrected chi connectivity index (χ3v) is 2.91. The molecular formula is C12H9IO2. The third kappa shape index (κ3) is 2.12. The van der Waals surface area contributed by atoms with Gasteiger partial charge in [-0.25, -0.2) is 4.79 Å². The Kier molecular flexibility index (Phi) is 2.90. The van der Waals surface area contributed by atoms with Crippen molar-refractivity contribution in [3.8, 4) is 11.3 Å². The van der Waals surface area contributed by atoms with E-state index >= 15 is 0 Å². The molecule has 0 atom stereocenters. The van der Waals surface area contributed by atoms with Crippen molar-refractivity contribution in [1.29, 1.82) is 0 Å². The topological polar surface area (TPSA) is 30.2 Å². The first-order valence-electron chi connectivity index (χ1n) is 4.54. The molecule has 0 aliphatic heterocycles. The summed E-state index contributed by atoms with van der Waals surface area (Å²) in [5.41, 5.74) is 1.30. The molecule has 2 nitrogen and oxygen atoms in total. The molecule has 0 fully saturated rings. The fourth-order valence-corrected chi connectivity index (χ4v) is 2.21. The normalized spacial score (nSPS) is 10.3. The van der Waals surface area contributed by atoms with Gasteiger partial charge < -0.3 is 4.42 Å². The molecule has 0 aliphatic rings. The van der Waals surface area contributed by atoms with Gasteiger partial charge in [-0.15, -0.1) is 0 Å². The fraction of sp³-hybridized carbons (Fsp3) is 0.0833. The second-order valence-corrected chi connectivity index (χ2v) is 4.42. The van der Waals surface area contributed by atoms with Crippen LogP contribution < -0.4 is 5.63 Å². The van der Waals surface area contributed by atoms with E-state index < -0.39 is 0 Å². The molecule has 0 unspecified atom stereocenters. The Balaban J connectivity index is 2.64. The largest absolute Gasteiger partial charge is 0.421 e. The van der Waals surface area contributed by atoms with Gasteiger partial charge in [0, 0.05) is 11.1 Å². The molecular weight excluding hydrogens is 303 g/mol. The van der Waals surface area contributed by atoms with E-state index in [4.69, 9.17) is 4.42 Å². The Bertz CT molecular complexity index is 529. The lowest BCUT2D eigenvalue weighted by Gasteiger charge is -2.03. The summed E-state index contributed by atoms with van der Waals surface area (Å²) in [6.45, 7) is 1.75. The minimum absolute atomic E-state index is 0.269. The molecule has 0 aliphatic carbocycles. The monoisotopic (exact) mass is 312 g/mol. The molecule has 0 radical (unpaired) electrons. The van der Waals surface area contributed by atoms with Crippen LogP contribution in [0.25, 0.3) is 11.3 Å². The standard InChI is InChI=1S/C12H9IO2/c1-8-7-10(13)11(15-12(8)14)9-5-3-2-4-6-9/h2-7H,1H3. The second kappa shape index (κ2) is 4.18. The van der Waals surface area contributed by atoms with Gasteiger partial charge in [0.1, 0.15) is 0 Å². The van der Waals surface area contributed by atoms with Gasteiger partial charge in [-0.1, -0.05) is 30.3 Å². The Morgan fingerprint density at radius 3 is 2.53 bits per heavy atom. The molecule has 0 bridgehead atoms. The van der Waals surface area contributed by atoms with Crippen molar-refractivity contribution in [3.63, 3.8) is 0 Å². The maximum Gasteiger partial charge on any atom is 0.339 e. The lowest BCUT2D eigenvalue weighted by Crippen LogP contribution is -2.04. The summed E-state index contributed by atoms with van der Waals surface area (Å²) in [5.74, 6) is 0.645. The zero-order chi connectivity index (χ0) is 10.8. The number of hydrogen-bond donors (Lipinski definition) is 0. The van der Waals surface area contributed by atoms with Crippen LogP contribution in [0.4, 0.5) is 0 Å². The maximum absolute atomic E-state index is 11.4. The van der Waals surface area contributed by atoms with Gasteiger partial charge in [0.05, 0.1) is 3.57 Å². The molecule has 15 heavy (non-hydrogen) atoms. The number of benzene rings is 1. The van der Waals surface area contributed by atoms with Crippen molar-refractivity contribution < 1.29 is 4.42 Å². The van der Waals surface area contributed by atoms with Crippen LogP contribution in [0, 0.1) is 10.5 Å². The number of rotatable bonds is 1. The Morgan fingerprint density at radius 1 is 1.20 bits per heavy atom. The summed E-state index contributed by atoms with van der Waals surface area (Å²) in [4.78, 5) is 11.4. The highest BCUT2D eigenvalue weighted by Crippen LogP contribution is 2.23. The molecule has 3 heteroatoms. The van der Waals surface area contributed by atoms with Crippen LogP contribution in [0.15, 0.2) is 45.6 Å². The summed E-state index contributed by atoms with van der Waals surface area (Å²) in [6, 6.07) is 11.5. The number of hydrogen-bond acceptors (Lipinski definition) is 2. The smallest absolute Gasteiger partial charge is 0.339 e. The van der Waals surface area contributed by atoms with E-state index in [0.717, 1.165) is 9.13 Å². The van der Waals surface area contributed by atoms with E-state index in [-0.39, 0.29) is 5.63 Å². The molecule has 0 N–H and O–H groups in total. The first kappa shape index (κ1) is 10.4. The van der Waals surface area contributed by atoms with Crippen molar-refractivity contribution in [3.05, 3.63) is 56.0 Å². The van der Waals surface area contributed by atoms with Crippen LogP contribution in [0.3, 0.4) is 0 Å². The van der Waals surface area contributed by atoms with Crippen LogP contribution in [0.1, 0.15) is 5.56 Å².